The molecule has 0 aromatic heterocycles. The molecule has 40 heavy (non-hydrogen) atoms. The van der Waals surface area contributed by atoms with Gasteiger partial charge in [0, 0.05) is 24.7 Å². The minimum atomic E-state index is -4.25. The summed E-state index contributed by atoms with van der Waals surface area (Å²) in [6.07, 6.45) is 0.305. The lowest BCUT2D eigenvalue weighted by Gasteiger charge is -2.33. The second kappa shape index (κ2) is 13.2. The van der Waals surface area contributed by atoms with Gasteiger partial charge < -0.3 is 10.2 Å². The number of carbonyl (C=O) groups excluding carboxylic acids is 2. The van der Waals surface area contributed by atoms with Crippen molar-refractivity contribution in [3.05, 3.63) is 100 Å². The maximum Gasteiger partial charge on any atom is 0.269 e. The van der Waals surface area contributed by atoms with Crippen LogP contribution in [0.5, 0.6) is 0 Å². The number of hydrogen-bond donors (Lipinski definition) is 1. The maximum atomic E-state index is 14.0. The molecule has 1 N–H and O–H groups in total. The number of nitrogens with one attached hydrogen (secondary N) is 1. The van der Waals surface area contributed by atoms with E-state index in [1.807, 2.05) is 45.0 Å². The third-order valence-electron chi connectivity index (χ3n) is 6.25. The van der Waals surface area contributed by atoms with Crippen LogP contribution in [0.15, 0.2) is 83.8 Å². The van der Waals surface area contributed by atoms with Crippen LogP contribution in [-0.4, -0.2) is 48.7 Å². The highest BCUT2D eigenvalue weighted by molar-refractivity contribution is 7.92. The molecule has 0 spiro atoms. The van der Waals surface area contributed by atoms with Gasteiger partial charge in [-0.3, -0.25) is 24.0 Å². The predicted octanol–water partition coefficient (Wildman–Crippen LogP) is 4.43. The Morgan fingerprint density at radius 2 is 1.55 bits per heavy atom. The monoisotopic (exact) mass is 566 g/mol. The normalized spacial score (nSPS) is 12.0. The Labute approximate surface area is 234 Å². The zero-order valence-electron chi connectivity index (χ0n) is 23.0. The van der Waals surface area contributed by atoms with Gasteiger partial charge in [-0.25, -0.2) is 8.42 Å². The predicted molar refractivity (Wildman–Crippen MR) is 153 cm³/mol. The standard InChI is InChI=1S/C29H34N4O6S/c1-5-27(29(35)30-21(2)3)31(19-23-13-11-22(4)12-14-23)28(34)20-32(24-15-17-25(18-16-24)33(36)37)40(38,39)26-9-7-6-8-10-26/h6-18,21,27H,5,19-20H2,1-4H3,(H,30,35)/t27-/m0/s1. The summed E-state index contributed by atoms with van der Waals surface area (Å²) >= 11 is 0. The molecule has 3 aromatic carbocycles. The fourth-order valence-electron chi connectivity index (χ4n) is 4.18. The van der Waals surface area contributed by atoms with Gasteiger partial charge >= 0.3 is 0 Å². The number of carbonyl (C=O) groups is 2. The molecule has 0 aliphatic carbocycles. The number of anilines is 1. The first kappa shape index (κ1) is 30.3. The number of sulfonamides is 1. The number of benzene rings is 3. The van der Waals surface area contributed by atoms with Crippen molar-refractivity contribution < 1.29 is 22.9 Å². The third-order valence-corrected chi connectivity index (χ3v) is 8.04. The van der Waals surface area contributed by atoms with Crippen molar-refractivity contribution in [1.29, 1.82) is 0 Å². The van der Waals surface area contributed by atoms with Crippen LogP contribution >= 0.6 is 0 Å². The van der Waals surface area contributed by atoms with E-state index in [1.165, 1.54) is 41.3 Å². The SMILES string of the molecule is CC[C@@H](C(=O)NC(C)C)N(Cc1ccc(C)cc1)C(=O)CN(c1ccc([N+](=O)[O-])cc1)S(=O)(=O)c1ccccc1. The van der Waals surface area contributed by atoms with Gasteiger partial charge in [0.15, 0.2) is 0 Å². The van der Waals surface area contributed by atoms with Crippen molar-refractivity contribution in [2.45, 2.75) is 57.6 Å². The highest BCUT2D eigenvalue weighted by Crippen LogP contribution is 2.26. The molecular weight excluding hydrogens is 532 g/mol. The van der Waals surface area contributed by atoms with Crippen molar-refractivity contribution in [3.8, 4) is 0 Å². The molecule has 3 rings (SSSR count). The van der Waals surface area contributed by atoms with E-state index < -0.39 is 33.4 Å². The van der Waals surface area contributed by atoms with Gasteiger partial charge in [0.2, 0.25) is 11.8 Å². The van der Waals surface area contributed by atoms with Crippen LogP contribution in [0.2, 0.25) is 0 Å². The van der Waals surface area contributed by atoms with E-state index in [9.17, 15) is 28.1 Å². The van der Waals surface area contributed by atoms with Gasteiger partial charge in [-0.1, -0.05) is 55.0 Å². The Balaban J connectivity index is 2.06. The molecule has 0 fully saturated rings. The molecule has 0 saturated heterocycles. The summed E-state index contributed by atoms with van der Waals surface area (Å²) in [6, 6.07) is 19.1. The van der Waals surface area contributed by atoms with Crippen LogP contribution < -0.4 is 9.62 Å². The number of rotatable bonds is 12. The van der Waals surface area contributed by atoms with Crippen LogP contribution in [-0.2, 0) is 26.2 Å². The van der Waals surface area contributed by atoms with E-state index in [1.54, 1.807) is 25.1 Å². The molecule has 2 amide bonds. The smallest absolute Gasteiger partial charge is 0.269 e. The lowest BCUT2D eigenvalue weighted by Crippen LogP contribution is -2.53. The molecule has 0 aliphatic rings. The molecule has 3 aromatic rings. The Morgan fingerprint density at radius 1 is 0.950 bits per heavy atom. The summed E-state index contributed by atoms with van der Waals surface area (Å²) < 4.78 is 28.5. The second-order valence-electron chi connectivity index (χ2n) is 9.69. The van der Waals surface area contributed by atoms with Gasteiger partial charge in [-0.2, -0.15) is 0 Å². The highest BCUT2D eigenvalue weighted by Gasteiger charge is 2.34. The number of non-ortho nitro benzene ring substituents is 1. The number of hydrogen-bond acceptors (Lipinski definition) is 6. The fourth-order valence-corrected chi connectivity index (χ4v) is 5.61. The quantitative estimate of drug-likeness (QED) is 0.255. The minimum Gasteiger partial charge on any atom is -0.352 e. The van der Waals surface area contributed by atoms with Crippen molar-refractivity contribution in [1.82, 2.24) is 10.2 Å². The molecule has 0 radical (unpaired) electrons. The van der Waals surface area contributed by atoms with E-state index in [0.29, 0.717) is 6.42 Å². The van der Waals surface area contributed by atoms with Gasteiger partial charge in [0.05, 0.1) is 15.5 Å². The third kappa shape index (κ3) is 7.44. The number of nitro benzene ring substituents is 1. The van der Waals surface area contributed by atoms with Crippen LogP contribution in [0.3, 0.4) is 0 Å². The Morgan fingerprint density at radius 3 is 2.08 bits per heavy atom. The molecule has 0 heterocycles. The van der Waals surface area contributed by atoms with E-state index in [4.69, 9.17) is 0 Å². The van der Waals surface area contributed by atoms with Crippen molar-refractivity contribution in [3.63, 3.8) is 0 Å². The van der Waals surface area contributed by atoms with E-state index in [0.717, 1.165) is 15.4 Å². The van der Waals surface area contributed by atoms with Crippen LogP contribution in [0.1, 0.15) is 38.3 Å². The number of nitrogens with zero attached hydrogens (tertiary/aromatic N) is 3. The Bertz CT molecular complexity index is 1430. The fraction of sp³-hybridized carbons (Fsp3) is 0.310. The van der Waals surface area contributed by atoms with E-state index in [2.05, 4.69) is 5.32 Å². The first-order valence-corrected chi connectivity index (χ1v) is 14.4. The number of nitro groups is 1. The zero-order chi connectivity index (χ0) is 29.4. The Hall–Kier alpha value is -4.25. The lowest BCUT2D eigenvalue weighted by molar-refractivity contribution is -0.384. The lowest BCUT2D eigenvalue weighted by atomic mass is 10.1. The topological polar surface area (TPSA) is 130 Å². The summed E-state index contributed by atoms with van der Waals surface area (Å²) in [5.41, 5.74) is 1.68. The molecular formula is C29H34N4O6S. The summed E-state index contributed by atoms with van der Waals surface area (Å²) in [6.45, 7) is 6.83. The van der Waals surface area contributed by atoms with Crippen LogP contribution in [0.25, 0.3) is 0 Å². The van der Waals surface area contributed by atoms with Gasteiger partial charge in [0.25, 0.3) is 15.7 Å². The number of amides is 2. The van der Waals surface area contributed by atoms with Crippen molar-refractivity contribution in [2.75, 3.05) is 10.8 Å². The molecule has 0 unspecified atom stereocenters. The summed E-state index contributed by atoms with van der Waals surface area (Å²) in [5.74, 6) is -0.935. The molecule has 10 nitrogen and oxygen atoms in total. The first-order chi connectivity index (χ1) is 18.9. The van der Waals surface area contributed by atoms with Crippen LogP contribution in [0, 0.1) is 17.0 Å². The van der Waals surface area contributed by atoms with Gasteiger partial charge in [-0.15, -0.1) is 0 Å². The highest BCUT2D eigenvalue weighted by atomic mass is 32.2. The summed E-state index contributed by atoms with van der Waals surface area (Å²) in [4.78, 5) is 39.1. The Kier molecular flexibility index (Phi) is 10.0. The average molecular weight is 567 g/mol. The number of aryl methyl sites for hydroxylation is 1. The molecule has 1 atom stereocenters. The second-order valence-corrected chi connectivity index (χ2v) is 11.6. The van der Waals surface area contributed by atoms with Crippen molar-refractivity contribution >= 4 is 33.2 Å². The minimum absolute atomic E-state index is 0.0455. The largest absolute Gasteiger partial charge is 0.352 e. The van der Waals surface area contributed by atoms with Gasteiger partial charge in [0.1, 0.15) is 12.6 Å². The summed E-state index contributed by atoms with van der Waals surface area (Å²) in [5, 5.41) is 14.0. The molecule has 11 heteroatoms. The maximum absolute atomic E-state index is 14.0. The van der Waals surface area contributed by atoms with Gasteiger partial charge in [-0.05, 0) is 57.0 Å². The summed E-state index contributed by atoms with van der Waals surface area (Å²) in [7, 11) is -4.25. The average Bonchev–Trinajstić information content (AvgIpc) is 2.92. The molecule has 0 saturated carbocycles. The van der Waals surface area contributed by atoms with E-state index >= 15 is 0 Å². The first-order valence-electron chi connectivity index (χ1n) is 12.9. The molecule has 212 valence electrons. The molecule has 0 bridgehead atoms. The van der Waals surface area contributed by atoms with Crippen LogP contribution in [0.4, 0.5) is 11.4 Å². The van der Waals surface area contributed by atoms with E-state index in [-0.39, 0.29) is 34.8 Å². The van der Waals surface area contributed by atoms with Crippen molar-refractivity contribution in [2.24, 2.45) is 0 Å². The molecule has 0 aliphatic heterocycles. The zero-order valence-corrected chi connectivity index (χ0v) is 23.8.